The molecule has 0 spiro atoms. The molecule has 0 bridgehead atoms. The third kappa shape index (κ3) is 4.52. The number of nitriles is 2. The molecule has 1 saturated heterocycles. The summed E-state index contributed by atoms with van der Waals surface area (Å²) in [6.45, 7) is 5.15. The lowest BCUT2D eigenvalue weighted by atomic mass is 10.1. The van der Waals surface area contributed by atoms with Crippen molar-refractivity contribution in [1.82, 2.24) is 19.9 Å². The Morgan fingerprint density at radius 2 is 2.32 bits per heavy atom. The van der Waals surface area contributed by atoms with Gasteiger partial charge in [0.1, 0.15) is 0 Å². The van der Waals surface area contributed by atoms with E-state index in [0.717, 1.165) is 26.1 Å². The predicted octanol–water partition coefficient (Wildman–Crippen LogP) is 1.33. The molecule has 1 aromatic heterocycles. The van der Waals surface area contributed by atoms with Crippen LogP contribution in [0.1, 0.15) is 31.0 Å². The number of hydrogen-bond acceptors (Lipinski definition) is 7. The van der Waals surface area contributed by atoms with Crippen LogP contribution in [0.3, 0.4) is 0 Å². The number of hydrogen-bond donors (Lipinski definition) is 0. The van der Waals surface area contributed by atoms with Gasteiger partial charge < -0.3 is 9.42 Å². The lowest BCUT2D eigenvalue weighted by molar-refractivity contribution is 0.212. The fourth-order valence-corrected chi connectivity index (χ4v) is 2.84. The van der Waals surface area contributed by atoms with E-state index in [-0.39, 0.29) is 5.92 Å². The van der Waals surface area contributed by atoms with Gasteiger partial charge >= 0.3 is 0 Å². The van der Waals surface area contributed by atoms with Gasteiger partial charge in [0.25, 0.3) is 0 Å². The average molecular weight is 302 g/mol. The monoisotopic (exact) mass is 302 g/mol. The molecule has 1 aliphatic heterocycles. The number of aryl methyl sites for hydroxylation is 1. The van der Waals surface area contributed by atoms with Crippen molar-refractivity contribution in [2.75, 3.05) is 26.7 Å². The summed E-state index contributed by atoms with van der Waals surface area (Å²) in [4.78, 5) is 8.78. The normalized spacial score (nSPS) is 20.0. The van der Waals surface area contributed by atoms with Crippen molar-refractivity contribution in [1.29, 1.82) is 10.5 Å². The van der Waals surface area contributed by atoms with Gasteiger partial charge in [0.05, 0.1) is 24.6 Å². The van der Waals surface area contributed by atoms with Gasteiger partial charge in [-0.2, -0.15) is 15.5 Å². The second-order valence-corrected chi connectivity index (χ2v) is 5.87. The van der Waals surface area contributed by atoms with Gasteiger partial charge in [0.15, 0.2) is 5.82 Å². The van der Waals surface area contributed by atoms with Crippen LogP contribution in [0, 0.1) is 35.5 Å². The maximum Gasteiger partial charge on any atom is 0.223 e. The maximum absolute atomic E-state index is 9.16. The standard InChI is InChI=1S/C15H22N6O/c1-12-18-15(19-22-12)11-20(2)14-5-7-21(10-14)9-13(8-17)4-3-6-16/h13-14H,3-5,7,9-11H2,1-2H3. The molecule has 2 heterocycles. The van der Waals surface area contributed by atoms with Crippen LogP contribution in [0.25, 0.3) is 0 Å². The second-order valence-electron chi connectivity index (χ2n) is 5.87. The van der Waals surface area contributed by atoms with Crippen molar-refractivity contribution < 1.29 is 4.52 Å². The number of nitrogens with zero attached hydrogens (tertiary/aromatic N) is 6. The molecule has 2 atom stereocenters. The SMILES string of the molecule is Cc1nc(CN(C)C2CCN(CC(C#N)CCC#N)C2)no1. The molecule has 0 saturated carbocycles. The zero-order valence-electron chi connectivity index (χ0n) is 13.2. The molecule has 0 aliphatic carbocycles. The lowest BCUT2D eigenvalue weighted by Gasteiger charge is -2.24. The summed E-state index contributed by atoms with van der Waals surface area (Å²) in [5, 5.41) is 21.7. The first-order chi connectivity index (χ1) is 10.6. The van der Waals surface area contributed by atoms with Gasteiger partial charge in [0, 0.05) is 32.5 Å². The highest BCUT2D eigenvalue weighted by molar-refractivity contribution is 4.92. The number of rotatable bonds is 7. The van der Waals surface area contributed by atoms with Gasteiger partial charge in [-0.25, -0.2) is 0 Å². The van der Waals surface area contributed by atoms with Crippen LogP contribution >= 0.6 is 0 Å². The van der Waals surface area contributed by atoms with E-state index in [1.807, 2.05) is 0 Å². The molecule has 118 valence electrons. The van der Waals surface area contributed by atoms with Gasteiger partial charge in [0.2, 0.25) is 5.89 Å². The highest BCUT2D eigenvalue weighted by Crippen LogP contribution is 2.18. The van der Waals surface area contributed by atoms with E-state index in [0.29, 0.717) is 37.1 Å². The number of likely N-dealkylation sites (N-methyl/N-ethyl adjacent to an activating group) is 1. The molecular weight excluding hydrogens is 280 g/mol. The average Bonchev–Trinajstić information content (AvgIpc) is 3.12. The molecule has 22 heavy (non-hydrogen) atoms. The van der Waals surface area contributed by atoms with E-state index in [2.05, 4.69) is 39.1 Å². The fraction of sp³-hybridized carbons (Fsp3) is 0.733. The number of likely N-dealkylation sites (tertiary alicyclic amines) is 1. The first kappa shape index (κ1) is 16.4. The second kappa shape index (κ2) is 7.88. The Bertz CT molecular complexity index is 557. The smallest absolute Gasteiger partial charge is 0.223 e. The third-order valence-electron chi connectivity index (χ3n) is 4.10. The van der Waals surface area contributed by atoms with E-state index < -0.39 is 0 Å². The molecule has 7 nitrogen and oxygen atoms in total. The largest absolute Gasteiger partial charge is 0.340 e. The lowest BCUT2D eigenvalue weighted by Crippen LogP contribution is -2.35. The van der Waals surface area contributed by atoms with Crippen LogP contribution in [0.5, 0.6) is 0 Å². The molecule has 7 heteroatoms. The summed E-state index contributed by atoms with van der Waals surface area (Å²) in [5.74, 6) is 1.25. The Morgan fingerprint density at radius 1 is 1.50 bits per heavy atom. The van der Waals surface area contributed by atoms with Gasteiger partial charge in [-0.15, -0.1) is 0 Å². The van der Waals surface area contributed by atoms with Crippen LogP contribution in [-0.4, -0.2) is 52.7 Å². The molecular formula is C15H22N6O. The van der Waals surface area contributed by atoms with Crippen molar-refractivity contribution in [2.24, 2.45) is 5.92 Å². The Morgan fingerprint density at radius 3 is 2.95 bits per heavy atom. The highest BCUT2D eigenvalue weighted by atomic mass is 16.5. The molecule has 0 amide bonds. The van der Waals surface area contributed by atoms with E-state index >= 15 is 0 Å². The quantitative estimate of drug-likeness (QED) is 0.750. The summed E-state index contributed by atoms with van der Waals surface area (Å²) in [6, 6.07) is 4.86. The van der Waals surface area contributed by atoms with Crippen molar-refractivity contribution in [2.45, 2.75) is 38.8 Å². The minimum absolute atomic E-state index is 0.0523. The maximum atomic E-state index is 9.16. The Balaban J connectivity index is 1.79. The van der Waals surface area contributed by atoms with Crippen LogP contribution in [0.4, 0.5) is 0 Å². The van der Waals surface area contributed by atoms with Crippen LogP contribution in [0.2, 0.25) is 0 Å². The topological polar surface area (TPSA) is 93.0 Å². The molecule has 2 unspecified atom stereocenters. The Hall–Kier alpha value is -1.96. The molecule has 1 aromatic rings. The van der Waals surface area contributed by atoms with E-state index in [4.69, 9.17) is 15.0 Å². The molecule has 0 N–H and O–H groups in total. The van der Waals surface area contributed by atoms with Gasteiger partial charge in [-0.05, 0) is 26.4 Å². The van der Waals surface area contributed by atoms with E-state index in [9.17, 15) is 0 Å². The third-order valence-corrected chi connectivity index (χ3v) is 4.10. The Kier molecular flexibility index (Phi) is 5.88. The molecule has 0 radical (unpaired) electrons. The first-order valence-corrected chi connectivity index (χ1v) is 7.60. The Labute approximate surface area is 131 Å². The minimum atomic E-state index is -0.0523. The summed E-state index contributed by atoms with van der Waals surface area (Å²) < 4.78 is 4.99. The van der Waals surface area contributed by atoms with Gasteiger partial charge in [-0.3, -0.25) is 4.90 Å². The van der Waals surface area contributed by atoms with E-state index in [1.165, 1.54) is 0 Å². The molecule has 1 aliphatic rings. The highest BCUT2D eigenvalue weighted by Gasteiger charge is 2.27. The molecule has 2 rings (SSSR count). The number of aromatic nitrogens is 2. The molecule has 0 aromatic carbocycles. The summed E-state index contributed by atoms with van der Waals surface area (Å²) in [7, 11) is 2.07. The van der Waals surface area contributed by atoms with E-state index in [1.54, 1.807) is 6.92 Å². The van der Waals surface area contributed by atoms with Crippen LogP contribution in [-0.2, 0) is 6.54 Å². The van der Waals surface area contributed by atoms with Crippen LogP contribution in [0.15, 0.2) is 4.52 Å². The zero-order chi connectivity index (χ0) is 15.9. The van der Waals surface area contributed by atoms with Gasteiger partial charge in [-0.1, -0.05) is 5.16 Å². The fourth-order valence-electron chi connectivity index (χ4n) is 2.84. The van der Waals surface area contributed by atoms with Crippen molar-refractivity contribution in [3.63, 3.8) is 0 Å². The predicted molar refractivity (Wildman–Crippen MR) is 79.3 cm³/mol. The van der Waals surface area contributed by atoms with Crippen molar-refractivity contribution in [3.8, 4) is 12.1 Å². The van der Waals surface area contributed by atoms with Crippen molar-refractivity contribution >= 4 is 0 Å². The minimum Gasteiger partial charge on any atom is -0.340 e. The van der Waals surface area contributed by atoms with Crippen LogP contribution < -0.4 is 0 Å². The summed E-state index contributed by atoms with van der Waals surface area (Å²) in [5.41, 5.74) is 0. The summed E-state index contributed by atoms with van der Waals surface area (Å²) in [6.07, 6.45) is 2.18. The summed E-state index contributed by atoms with van der Waals surface area (Å²) >= 11 is 0. The zero-order valence-corrected chi connectivity index (χ0v) is 13.2. The molecule has 1 fully saturated rings. The van der Waals surface area contributed by atoms with Crippen molar-refractivity contribution in [3.05, 3.63) is 11.7 Å². The first-order valence-electron chi connectivity index (χ1n) is 7.60.